The van der Waals surface area contributed by atoms with Gasteiger partial charge in [0.1, 0.15) is 0 Å². The van der Waals surface area contributed by atoms with Crippen LogP contribution in [0.5, 0.6) is 0 Å². The van der Waals surface area contributed by atoms with Gasteiger partial charge in [0.05, 0.1) is 0 Å². The van der Waals surface area contributed by atoms with Crippen LogP contribution in [0.3, 0.4) is 0 Å². The second kappa shape index (κ2) is 4.76. The molecule has 0 amide bonds. The van der Waals surface area contributed by atoms with E-state index in [9.17, 15) is 0 Å². The fourth-order valence-electron chi connectivity index (χ4n) is 1.29. The second-order valence-electron chi connectivity index (χ2n) is 3.64. The number of nitrogens with one attached hydrogen (secondary N) is 1. The molecule has 0 heterocycles. The molecular formula is C12H14BrN. The van der Waals surface area contributed by atoms with Gasteiger partial charge in [-0.15, -0.1) is 0 Å². The Bertz CT molecular complexity index is 312. The third kappa shape index (κ3) is 3.28. The lowest BCUT2D eigenvalue weighted by atomic mass is 10.2. The summed E-state index contributed by atoms with van der Waals surface area (Å²) in [7, 11) is 0. The summed E-state index contributed by atoms with van der Waals surface area (Å²) in [6, 6.07) is 9.14. The van der Waals surface area contributed by atoms with E-state index < -0.39 is 0 Å². The molecule has 0 unspecified atom stereocenters. The zero-order valence-corrected chi connectivity index (χ0v) is 9.63. The maximum absolute atomic E-state index is 3.44. The average Bonchev–Trinajstić information content (AvgIpc) is 2.99. The van der Waals surface area contributed by atoms with Crippen molar-refractivity contribution < 1.29 is 0 Å². The molecule has 0 spiro atoms. The molecule has 2 heteroatoms. The van der Waals surface area contributed by atoms with Crippen molar-refractivity contribution in [2.75, 3.05) is 6.54 Å². The maximum Gasteiger partial charge on any atom is 0.0175 e. The van der Waals surface area contributed by atoms with Gasteiger partial charge < -0.3 is 5.32 Å². The summed E-state index contributed by atoms with van der Waals surface area (Å²) in [6.45, 7) is 0.987. The number of hydrogen-bond acceptors (Lipinski definition) is 1. The predicted molar refractivity (Wildman–Crippen MR) is 64.2 cm³/mol. The van der Waals surface area contributed by atoms with Crippen LogP contribution in [0.1, 0.15) is 18.4 Å². The normalized spacial score (nSPS) is 16.4. The first-order valence-electron chi connectivity index (χ1n) is 5.00. The van der Waals surface area contributed by atoms with Crippen LogP contribution in [0.15, 0.2) is 34.8 Å². The molecule has 1 nitrogen and oxygen atoms in total. The molecule has 1 aromatic carbocycles. The van der Waals surface area contributed by atoms with E-state index in [0.717, 1.165) is 17.1 Å². The van der Waals surface area contributed by atoms with E-state index in [1.165, 1.54) is 18.4 Å². The first-order valence-corrected chi connectivity index (χ1v) is 5.79. The first-order chi connectivity index (χ1) is 6.84. The molecule has 0 atom stereocenters. The molecule has 14 heavy (non-hydrogen) atoms. The van der Waals surface area contributed by atoms with Crippen molar-refractivity contribution >= 4 is 22.0 Å². The van der Waals surface area contributed by atoms with Gasteiger partial charge in [0.15, 0.2) is 0 Å². The van der Waals surface area contributed by atoms with E-state index in [0.29, 0.717) is 0 Å². The minimum absolute atomic E-state index is 0.796. The Hall–Kier alpha value is -0.600. The number of halogens is 1. The summed E-state index contributed by atoms with van der Waals surface area (Å²) in [5.41, 5.74) is 1.26. The molecule has 1 fully saturated rings. The van der Waals surface area contributed by atoms with Crippen LogP contribution in [0, 0.1) is 0 Å². The van der Waals surface area contributed by atoms with Crippen LogP contribution in [-0.2, 0) is 0 Å². The molecule has 1 N–H and O–H groups in total. The quantitative estimate of drug-likeness (QED) is 0.867. The highest BCUT2D eigenvalue weighted by Crippen LogP contribution is 2.18. The zero-order chi connectivity index (χ0) is 9.80. The van der Waals surface area contributed by atoms with Crippen molar-refractivity contribution in [3.63, 3.8) is 0 Å². The third-order valence-electron chi connectivity index (χ3n) is 2.28. The van der Waals surface area contributed by atoms with Crippen molar-refractivity contribution in [3.05, 3.63) is 40.4 Å². The molecule has 0 radical (unpaired) electrons. The molecule has 2 rings (SSSR count). The van der Waals surface area contributed by atoms with E-state index >= 15 is 0 Å². The SMILES string of the molecule is Brc1ccc(C=CCNC2CC2)cc1. The lowest BCUT2D eigenvalue weighted by Gasteiger charge is -1.96. The standard InChI is InChI=1S/C12H14BrN/c13-11-5-3-10(4-6-11)2-1-9-14-12-7-8-12/h1-6,12,14H,7-9H2. The Labute approximate surface area is 93.3 Å². The molecule has 1 aromatic rings. The molecule has 0 bridgehead atoms. The summed E-state index contributed by atoms with van der Waals surface area (Å²) in [5.74, 6) is 0. The summed E-state index contributed by atoms with van der Waals surface area (Å²) in [4.78, 5) is 0. The zero-order valence-electron chi connectivity index (χ0n) is 8.04. The lowest BCUT2D eigenvalue weighted by Crippen LogP contribution is -2.15. The van der Waals surface area contributed by atoms with Gasteiger partial charge >= 0.3 is 0 Å². The number of rotatable bonds is 4. The molecule has 1 saturated carbocycles. The topological polar surface area (TPSA) is 12.0 Å². The molecule has 0 saturated heterocycles. The monoisotopic (exact) mass is 251 g/mol. The largest absolute Gasteiger partial charge is 0.311 e. The maximum atomic E-state index is 3.44. The Morgan fingerprint density at radius 2 is 2.00 bits per heavy atom. The Morgan fingerprint density at radius 1 is 1.29 bits per heavy atom. The fraction of sp³-hybridized carbons (Fsp3) is 0.333. The molecule has 0 aromatic heterocycles. The smallest absolute Gasteiger partial charge is 0.0175 e. The van der Waals surface area contributed by atoms with Crippen LogP contribution in [0.2, 0.25) is 0 Å². The molecule has 74 valence electrons. The first kappa shape index (κ1) is 9.94. The summed E-state index contributed by atoms with van der Waals surface area (Å²) in [6.07, 6.45) is 7.04. The van der Waals surface area contributed by atoms with E-state index in [-0.39, 0.29) is 0 Å². The lowest BCUT2D eigenvalue weighted by molar-refractivity contribution is 0.754. The average molecular weight is 252 g/mol. The van der Waals surface area contributed by atoms with E-state index in [4.69, 9.17) is 0 Å². The van der Waals surface area contributed by atoms with Gasteiger partial charge in [0.25, 0.3) is 0 Å². The van der Waals surface area contributed by atoms with Gasteiger partial charge in [-0.25, -0.2) is 0 Å². The highest BCUT2D eigenvalue weighted by atomic mass is 79.9. The van der Waals surface area contributed by atoms with Gasteiger partial charge in [0, 0.05) is 17.1 Å². The van der Waals surface area contributed by atoms with Gasteiger partial charge in [-0.2, -0.15) is 0 Å². The van der Waals surface area contributed by atoms with Gasteiger partial charge in [0.2, 0.25) is 0 Å². The highest BCUT2D eigenvalue weighted by molar-refractivity contribution is 9.10. The third-order valence-corrected chi connectivity index (χ3v) is 2.81. The van der Waals surface area contributed by atoms with Crippen molar-refractivity contribution in [2.45, 2.75) is 18.9 Å². The predicted octanol–water partition coefficient (Wildman–Crippen LogP) is 3.21. The van der Waals surface area contributed by atoms with Gasteiger partial charge in [-0.1, -0.05) is 40.2 Å². The van der Waals surface area contributed by atoms with Crippen molar-refractivity contribution in [3.8, 4) is 0 Å². The van der Waals surface area contributed by atoms with Crippen molar-refractivity contribution in [1.82, 2.24) is 5.32 Å². The van der Waals surface area contributed by atoms with Crippen LogP contribution < -0.4 is 5.32 Å². The van der Waals surface area contributed by atoms with Gasteiger partial charge in [-0.3, -0.25) is 0 Å². The highest BCUT2D eigenvalue weighted by Gasteiger charge is 2.18. The molecule has 1 aliphatic carbocycles. The van der Waals surface area contributed by atoms with Crippen molar-refractivity contribution in [1.29, 1.82) is 0 Å². The molecular weight excluding hydrogens is 238 g/mol. The summed E-state index contributed by atoms with van der Waals surface area (Å²) in [5, 5.41) is 3.44. The van der Waals surface area contributed by atoms with Crippen LogP contribution in [0.4, 0.5) is 0 Å². The minimum atomic E-state index is 0.796. The Kier molecular flexibility index (Phi) is 3.38. The van der Waals surface area contributed by atoms with E-state index in [2.05, 4.69) is 57.7 Å². The molecule has 0 aliphatic heterocycles. The van der Waals surface area contributed by atoms with Crippen molar-refractivity contribution in [2.24, 2.45) is 0 Å². The number of benzene rings is 1. The van der Waals surface area contributed by atoms with Crippen LogP contribution in [0.25, 0.3) is 6.08 Å². The summed E-state index contributed by atoms with van der Waals surface area (Å²) < 4.78 is 1.13. The van der Waals surface area contributed by atoms with Gasteiger partial charge in [-0.05, 0) is 30.5 Å². The van der Waals surface area contributed by atoms with Crippen LogP contribution >= 0.6 is 15.9 Å². The summed E-state index contributed by atoms with van der Waals surface area (Å²) >= 11 is 3.42. The second-order valence-corrected chi connectivity index (χ2v) is 4.55. The van der Waals surface area contributed by atoms with Crippen LogP contribution in [-0.4, -0.2) is 12.6 Å². The Balaban J connectivity index is 1.80. The van der Waals surface area contributed by atoms with E-state index in [1.54, 1.807) is 0 Å². The Morgan fingerprint density at radius 3 is 2.64 bits per heavy atom. The van der Waals surface area contributed by atoms with E-state index in [1.807, 2.05) is 0 Å². The number of hydrogen-bond donors (Lipinski definition) is 1. The fourth-order valence-corrected chi connectivity index (χ4v) is 1.56. The minimum Gasteiger partial charge on any atom is -0.311 e. The molecule has 1 aliphatic rings.